The molecule has 4 saturated heterocycles. The van der Waals surface area contributed by atoms with Crippen LogP contribution >= 0.6 is 0 Å². The van der Waals surface area contributed by atoms with Crippen LogP contribution < -0.4 is 10.6 Å². The van der Waals surface area contributed by atoms with E-state index >= 15 is 0 Å². The first-order valence-electron chi connectivity index (χ1n) is 32.9. The van der Waals surface area contributed by atoms with E-state index in [2.05, 4.69) is 24.5 Å². The van der Waals surface area contributed by atoms with Crippen LogP contribution in [0.25, 0.3) is 0 Å². The molecule has 22 atom stereocenters. The number of rotatable bonds is 45. The first-order chi connectivity index (χ1) is 42.0. The van der Waals surface area contributed by atoms with E-state index < -0.39 is 174 Å². The van der Waals surface area contributed by atoms with Crippen LogP contribution in [0.5, 0.6) is 0 Å². The Morgan fingerprint density at radius 2 is 0.839 bits per heavy atom. The van der Waals surface area contributed by atoms with Crippen LogP contribution in [0.2, 0.25) is 0 Å². The van der Waals surface area contributed by atoms with Gasteiger partial charge >= 0.3 is 0 Å². The normalized spacial score (nSPS) is 33.8. The third-order valence-corrected chi connectivity index (χ3v) is 17.1. The van der Waals surface area contributed by atoms with Crippen molar-refractivity contribution in [3.63, 3.8) is 0 Å². The Morgan fingerprint density at radius 1 is 0.448 bits per heavy atom. The molecular weight excluding hydrogens is 1140 g/mol. The van der Waals surface area contributed by atoms with E-state index in [0.29, 0.717) is 12.8 Å². The third kappa shape index (κ3) is 26.0. The number of aliphatic hydroxyl groups is 13. The summed E-state index contributed by atoms with van der Waals surface area (Å²) in [6.45, 7) is 1.61. The van der Waals surface area contributed by atoms with E-state index in [4.69, 9.17) is 37.9 Å². The van der Waals surface area contributed by atoms with Crippen LogP contribution in [0.1, 0.15) is 201 Å². The zero-order valence-electron chi connectivity index (χ0n) is 52.1. The Balaban J connectivity index is 1.34. The summed E-state index contributed by atoms with van der Waals surface area (Å²) in [6, 6.07) is -2.53. The van der Waals surface area contributed by atoms with Gasteiger partial charge < -0.3 is 115 Å². The molecule has 0 aliphatic carbocycles. The van der Waals surface area contributed by atoms with Crippen molar-refractivity contribution < 1.29 is 114 Å². The van der Waals surface area contributed by atoms with Crippen molar-refractivity contribution in [3.8, 4) is 0 Å². The van der Waals surface area contributed by atoms with Crippen molar-refractivity contribution in [1.29, 1.82) is 0 Å². The minimum Gasteiger partial charge on any atom is -0.394 e. The van der Waals surface area contributed by atoms with E-state index in [1.807, 2.05) is 6.08 Å². The second-order valence-electron chi connectivity index (χ2n) is 24.3. The number of hydrogen-bond donors (Lipinski definition) is 15. The van der Waals surface area contributed by atoms with Crippen LogP contribution in [-0.2, 0) is 47.5 Å². The van der Waals surface area contributed by atoms with Gasteiger partial charge in [0.25, 0.3) is 0 Å². The average molecular weight is 1260 g/mol. The van der Waals surface area contributed by atoms with Crippen molar-refractivity contribution in [2.45, 2.75) is 335 Å². The molecule has 4 fully saturated rings. The van der Waals surface area contributed by atoms with Crippen LogP contribution in [0, 0.1) is 0 Å². The number of amides is 2. The van der Waals surface area contributed by atoms with Gasteiger partial charge in [0.05, 0.1) is 45.2 Å². The van der Waals surface area contributed by atoms with Crippen LogP contribution in [-0.4, -0.2) is 246 Å². The third-order valence-electron chi connectivity index (χ3n) is 17.1. The first-order valence-corrected chi connectivity index (χ1v) is 32.9. The van der Waals surface area contributed by atoms with Crippen LogP contribution in [0.15, 0.2) is 12.2 Å². The van der Waals surface area contributed by atoms with Crippen molar-refractivity contribution in [1.82, 2.24) is 10.6 Å². The average Bonchev–Trinajstić information content (AvgIpc) is 2.49. The fraction of sp³-hybridized carbons (Fsp3) is 0.935. The number of unbranched alkanes of at least 4 members (excludes halogenated alkanes) is 25. The molecule has 0 aromatic rings. The SMILES string of the molecule is CCCCCCCCCCCCC/C=C/[C@@H](O)[C@H](CO[C@@H]1O[C@H](CO)[C@@H](O[C@@H]2O[C@H](CO)[C@H](O[C@H]3O[C@H](CO)[C@H](O)[C@H](O[C@@H]4O[C@H](CO)[C@H](O)[C@H](O)[C@H]4NC(C)=O)[C@H]3O)[C@H](O)[C@H]2O)[C@H](O)C1O)NC(=O)CCCCCCCCCCCCCCCCC. The van der Waals surface area contributed by atoms with Gasteiger partial charge in [-0.1, -0.05) is 180 Å². The Hall–Kier alpha value is -2.16. The molecule has 0 saturated carbocycles. The fourth-order valence-corrected chi connectivity index (χ4v) is 11.7. The lowest BCUT2D eigenvalue weighted by Gasteiger charge is -2.49. The zero-order chi connectivity index (χ0) is 63.7. The molecule has 15 N–H and O–H groups in total. The smallest absolute Gasteiger partial charge is 0.220 e. The van der Waals surface area contributed by atoms with Gasteiger partial charge in [0.2, 0.25) is 11.8 Å². The Labute approximate surface area is 515 Å². The number of hydrogen-bond acceptors (Lipinski definition) is 23. The molecule has 25 nitrogen and oxygen atoms in total. The summed E-state index contributed by atoms with van der Waals surface area (Å²) >= 11 is 0. The standard InChI is InChI=1S/C62H114N2O23/c1-4-6-8-10-12-14-16-18-19-21-23-25-27-29-31-33-46(71)64-40(41(70)32-30-28-26-24-22-20-17-15-13-11-9-7-5-2)38-80-60-53(77)51(75)56(44(36-67)83-60)85-61-54(78)52(76)57(45(37-68)84-61)86-62-55(79)58(49(73)43(35-66)82-62)87-59-47(63-39(3)69)50(74)48(72)42(34-65)81-59/h30,32,40-45,47-62,65-68,70,72-79H,4-29,31,33-38H2,1-3H3,(H,63,69)(H,64,71)/b32-30+/t40-,41+,42+,43+,44+,45+,47+,48-,49-,50+,51+,52+,53?,54+,55+,56+,57-,58-,59-,60+,61-,62+/m0/s1. The second kappa shape index (κ2) is 43.6. The van der Waals surface area contributed by atoms with Gasteiger partial charge in [-0.2, -0.15) is 0 Å². The van der Waals surface area contributed by atoms with Gasteiger partial charge in [-0.05, 0) is 19.3 Å². The number of allylic oxidation sites excluding steroid dienone is 1. The maximum Gasteiger partial charge on any atom is 0.220 e. The highest BCUT2D eigenvalue weighted by molar-refractivity contribution is 5.76. The lowest BCUT2D eigenvalue weighted by molar-refractivity contribution is -0.386. The minimum absolute atomic E-state index is 0.218. The summed E-state index contributed by atoms with van der Waals surface area (Å²) in [5.41, 5.74) is 0. The molecule has 4 aliphatic rings. The number of carbonyl (C=O) groups is 2. The predicted molar refractivity (Wildman–Crippen MR) is 317 cm³/mol. The summed E-state index contributed by atoms with van der Waals surface area (Å²) in [7, 11) is 0. The van der Waals surface area contributed by atoms with Crippen molar-refractivity contribution in [3.05, 3.63) is 12.2 Å². The molecule has 0 aromatic heterocycles. The Kier molecular flexibility index (Phi) is 38.8. The van der Waals surface area contributed by atoms with Crippen molar-refractivity contribution in [2.75, 3.05) is 33.0 Å². The van der Waals surface area contributed by atoms with E-state index in [-0.39, 0.29) is 12.3 Å². The molecule has 87 heavy (non-hydrogen) atoms. The van der Waals surface area contributed by atoms with Gasteiger partial charge in [-0.25, -0.2) is 0 Å². The van der Waals surface area contributed by atoms with E-state index in [1.54, 1.807) is 6.08 Å². The van der Waals surface area contributed by atoms with E-state index in [1.165, 1.54) is 116 Å². The highest BCUT2D eigenvalue weighted by atomic mass is 16.8. The predicted octanol–water partition coefficient (Wildman–Crippen LogP) is 1.78. The molecule has 1 unspecified atom stereocenters. The Bertz CT molecular complexity index is 1830. The quantitative estimate of drug-likeness (QED) is 0.0305. The van der Waals surface area contributed by atoms with Crippen LogP contribution in [0.4, 0.5) is 0 Å². The molecule has 0 spiro atoms. The maximum absolute atomic E-state index is 13.4. The second-order valence-corrected chi connectivity index (χ2v) is 24.3. The largest absolute Gasteiger partial charge is 0.394 e. The van der Waals surface area contributed by atoms with Crippen molar-refractivity contribution in [2.24, 2.45) is 0 Å². The number of nitrogens with one attached hydrogen (secondary N) is 2. The molecule has 2 amide bonds. The molecule has 0 bridgehead atoms. The zero-order valence-corrected chi connectivity index (χ0v) is 52.1. The summed E-state index contributed by atoms with van der Waals surface area (Å²) < 4.78 is 46.4. The fourth-order valence-electron chi connectivity index (χ4n) is 11.7. The highest BCUT2D eigenvalue weighted by Crippen LogP contribution is 2.35. The molecule has 4 aliphatic heterocycles. The van der Waals surface area contributed by atoms with Gasteiger partial charge in [-0.15, -0.1) is 0 Å². The monoisotopic (exact) mass is 1250 g/mol. The number of aliphatic hydroxyl groups excluding tert-OH is 13. The van der Waals surface area contributed by atoms with Gasteiger partial charge in [-0.3, -0.25) is 9.59 Å². The molecule has 0 aromatic carbocycles. The lowest BCUT2D eigenvalue weighted by Crippen LogP contribution is -2.69. The van der Waals surface area contributed by atoms with Gasteiger partial charge in [0.1, 0.15) is 97.6 Å². The van der Waals surface area contributed by atoms with E-state index in [9.17, 15) is 76.0 Å². The lowest BCUT2D eigenvalue weighted by atomic mass is 9.95. The topological polar surface area (TPSA) is 395 Å². The number of carbonyl (C=O) groups excluding carboxylic acids is 2. The van der Waals surface area contributed by atoms with Gasteiger partial charge in [0, 0.05) is 13.3 Å². The van der Waals surface area contributed by atoms with Crippen molar-refractivity contribution >= 4 is 11.8 Å². The summed E-state index contributed by atoms with van der Waals surface area (Å²) in [6.07, 6.45) is -0.0122. The Morgan fingerprint density at radius 3 is 1.31 bits per heavy atom. The summed E-state index contributed by atoms with van der Waals surface area (Å²) in [5, 5.41) is 147. The molecular formula is C62H114N2O23. The van der Waals surface area contributed by atoms with Crippen LogP contribution in [0.3, 0.4) is 0 Å². The van der Waals surface area contributed by atoms with E-state index in [0.717, 1.165) is 51.9 Å². The summed E-state index contributed by atoms with van der Waals surface area (Å²) in [4.78, 5) is 25.4. The molecule has 510 valence electrons. The summed E-state index contributed by atoms with van der Waals surface area (Å²) in [5.74, 6) is -1.00. The molecule has 4 rings (SSSR count). The first kappa shape index (κ1) is 77.3. The minimum atomic E-state index is -2.09. The number of ether oxygens (including phenoxy) is 8. The van der Waals surface area contributed by atoms with Gasteiger partial charge in [0.15, 0.2) is 25.2 Å². The maximum atomic E-state index is 13.4. The highest BCUT2D eigenvalue weighted by Gasteiger charge is 2.56. The molecule has 4 heterocycles. The molecule has 25 heteroatoms. The molecule has 0 radical (unpaired) electrons.